The Balaban J connectivity index is 1.82. The molecule has 7 heteroatoms. The number of fused-ring (bicyclic) bond motifs is 1. The van der Waals surface area contributed by atoms with Crippen LogP contribution >= 0.6 is 12.0 Å². The Morgan fingerprint density at radius 3 is 2.79 bits per heavy atom. The van der Waals surface area contributed by atoms with E-state index in [1.165, 1.54) is 12.0 Å². The smallest absolute Gasteiger partial charge is 0.167 e. The van der Waals surface area contributed by atoms with E-state index in [2.05, 4.69) is 22.2 Å². The molecule has 2 aromatic heterocycles. The molecule has 0 bridgehead atoms. The molecule has 0 fully saturated rings. The second-order valence-electron chi connectivity index (χ2n) is 7.71. The number of benzene rings is 1. The highest BCUT2D eigenvalue weighted by Crippen LogP contribution is 2.43. The number of ketones is 1. The first kappa shape index (κ1) is 19.5. The monoisotopic (exact) mass is 408 g/mol. The number of para-hydroxylation sites is 1. The van der Waals surface area contributed by atoms with E-state index in [9.17, 15) is 4.79 Å². The summed E-state index contributed by atoms with van der Waals surface area (Å²) in [5.41, 5.74) is 10.8. The molecule has 0 saturated carbocycles. The zero-order valence-corrected chi connectivity index (χ0v) is 17.3. The maximum Gasteiger partial charge on any atom is 0.167 e. The number of carbonyl (C=O) groups excluding carboxylic acids is 1. The van der Waals surface area contributed by atoms with Crippen molar-refractivity contribution in [3.05, 3.63) is 59.9 Å². The van der Waals surface area contributed by atoms with Gasteiger partial charge in [0.15, 0.2) is 5.78 Å². The molecule has 2 heterocycles. The minimum absolute atomic E-state index is 0.112. The van der Waals surface area contributed by atoms with E-state index in [-0.39, 0.29) is 11.2 Å². The van der Waals surface area contributed by atoms with Gasteiger partial charge in [0, 0.05) is 41.2 Å². The molecule has 0 spiro atoms. The van der Waals surface area contributed by atoms with Gasteiger partial charge in [-0.15, -0.1) is 0 Å². The fourth-order valence-electron chi connectivity index (χ4n) is 3.87. The summed E-state index contributed by atoms with van der Waals surface area (Å²) in [5, 5.41) is 3.45. The minimum Gasteiger partial charge on any atom is -0.384 e. The van der Waals surface area contributed by atoms with Crippen LogP contribution < -0.4 is 11.1 Å². The molecule has 29 heavy (non-hydrogen) atoms. The van der Waals surface area contributed by atoms with Crippen LogP contribution in [0.4, 0.5) is 17.2 Å². The van der Waals surface area contributed by atoms with Crippen molar-refractivity contribution in [2.45, 2.75) is 19.8 Å². The van der Waals surface area contributed by atoms with Crippen LogP contribution in [0.1, 0.15) is 29.4 Å². The van der Waals surface area contributed by atoms with Gasteiger partial charge < -0.3 is 20.2 Å². The van der Waals surface area contributed by atoms with E-state index < -0.39 is 0 Å². The zero-order valence-electron chi connectivity index (χ0n) is 16.5. The lowest BCUT2D eigenvalue weighted by Gasteiger charge is -2.32. The fraction of sp³-hybridized carbons (Fsp3) is 0.273. The van der Waals surface area contributed by atoms with Gasteiger partial charge in [-0.3, -0.25) is 4.79 Å². The Bertz CT molecular complexity index is 1030. The lowest BCUT2D eigenvalue weighted by molar-refractivity contribution is 0.0840. The molecule has 0 radical (unpaired) electrons. The number of hydrogen-bond donors (Lipinski definition) is 3. The van der Waals surface area contributed by atoms with Crippen molar-refractivity contribution in [1.29, 1.82) is 0 Å². The molecule has 0 amide bonds. The molecule has 1 aliphatic rings. The van der Waals surface area contributed by atoms with E-state index in [0.717, 1.165) is 40.3 Å². The molecule has 4 rings (SSSR count). The first-order valence-electron chi connectivity index (χ1n) is 9.47. The Morgan fingerprint density at radius 2 is 2.07 bits per heavy atom. The summed E-state index contributed by atoms with van der Waals surface area (Å²) in [6.07, 6.45) is 4.75. The molecule has 0 aliphatic heterocycles. The Hall–Kier alpha value is -2.77. The van der Waals surface area contributed by atoms with Crippen molar-refractivity contribution in [1.82, 2.24) is 9.97 Å². The van der Waals surface area contributed by atoms with E-state index >= 15 is 0 Å². The van der Waals surface area contributed by atoms with Gasteiger partial charge in [-0.2, -0.15) is 0 Å². The van der Waals surface area contributed by atoms with E-state index in [1.807, 2.05) is 48.7 Å². The molecule has 150 valence electrons. The van der Waals surface area contributed by atoms with Crippen molar-refractivity contribution in [2.24, 2.45) is 5.41 Å². The Labute approximate surface area is 174 Å². The third-order valence-electron chi connectivity index (χ3n) is 5.19. The average molecular weight is 409 g/mol. The maximum atomic E-state index is 13.2. The summed E-state index contributed by atoms with van der Waals surface area (Å²) < 4.78 is 5.58. The van der Waals surface area contributed by atoms with Crippen LogP contribution in [0, 0.1) is 5.41 Å². The van der Waals surface area contributed by atoms with Crippen molar-refractivity contribution >= 4 is 35.0 Å². The second kappa shape index (κ2) is 7.93. The highest BCUT2D eigenvalue weighted by atomic mass is 32.2. The summed E-state index contributed by atoms with van der Waals surface area (Å²) in [6.45, 7) is 2.62. The van der Waals surface area contributed by atoms with Gasteiger partial charge in [0.1, 0.15) is 5.82 Å². The van der Waals surface area contributed by atoms with Gasteiger partial charge in [-0.25, -0.2) is 4.98 Å². The van der Waals surface area contributed by atoms with Crippen molar-refractivity contribution in [3.63, 3.8) is 0 Å². The molecule has 1 unspecified atom stereocenters. The van der Waals surface area contributed by atoms with Crippen LogP contribution in [0.25, 0.3) is 11.3 Å². The van der Waals surface area contributed by atoms with Crippen LogP contribution in [0.15, 0.2) is 48.7 Å². The number of aromatic nitrogens is 2. The lowest BCUT2D eigenvalue weighted by atomic mass is 9.75. The van der Waals surface area contributed by atoms with Gasteiger partial charge in [-0.1, -0.05) is 25.1 Å². The molecule has 4 N–H and O–H groups in total. The van der Waals surface area contributed by atoms with Crippen LogP contribution in [-0.2, 0) is 10.6 Å². The van der Waals surface area contributed by atoms with Crippen LogP contribution in [0.5, 0.6) is 0 Å². The molecule has 3 aromatic rings. The molecule has 1 aromatic carbocycles. The summed E-state index contributed by atoms with van der Waals surface area (Å²) in [6, 6.07) is 13.6. The first-order chi connectivity index (χ1) is 14.0. The number of carbonyl (C=O) groups is 1. The Morgan fingerprint density at radius 1 is 1.28 bits per heavy atom. The number of nitrogens with one attached hydrogen (secondary N) is 2. The fourth-order valence-corrected chi connectivity index (χ4v) is 4.27. The number of nitrogens with two attached hydrogens (primary N) is 1. The number of Topliss-reactive ketones (excluding diaryl/α,β-unsaturated/α-hetero) is 1. The number of anilines is 3. The standard InChI is InChI=1S/C22H24N4O2S/c1-22(13-28-29-2)11-16-19(17(27)12-22)21(25-15-6-4-3-5-7-15)20(26-16)14-8-9-24-18(23)10-14/h3-10,25-26H,11-13H2,1-2H3,(H2,23,24). The van der Waals surface area contributed by atoms with Gasteiger partial charge in [0.25, 0.3) is 0 Å². The third-order valence-corrected chi connectivity index (χ3v) is 5.54. The predicted octanol–water partition coefficient (Wildman–Crippen LogP) is 4.83. The predicted molar refractivity (Wildman–Crippen MR) is 118 cm³/mol. The topological polar surface area (TPSA) is 93.0 Å². The second-order valence-corrected chi connectivity index (χ2v) is 8.27. The van der Waals surface area contributed by atoms with E-state index in [0.29, 0.717) is 18.8 Å². The van der Waals surface area contributed by atoms with Crippen LogP contribution in [-0.4, -0.2) is 28.6 Å². The van der Waals surface area contributed by atoms with Crippen molar-refractivity contribution in [2.75, 3.05) is 23.9 Å². The van der Waals surface area contributed by atoms with E-state index in [1.54, 1.807) is 6.20 Å². The summed E-state index contributed by atoms with van der Waals surface area (Å²) in [7, 11) is 0. The minimum atomic E-state index is -0.240. The SMILES string of the molecule is CSOCC1(C)CC(=O)c2c([nH]c(-c3ccnc(N)c3)c2Nc2ccccc2)C1. The number of pyridine rings is 1. The molecule has 1 aliphatic carbocycles. The highest BCUT2D eigenvalue weighted by molar-refractivity contribution is 7.93. The molecular weight excluding hydrogens is 384 g/mol. The van der Waals surface area contributed by atoms with Gasteiger partial charge in [0.05, 0.1) is 23.6 Å². The quantitative estimate of drug-likeness (QED) is 0.506. The maximum absolute atomic E-state index is 13.2. The average Bonchev–Trinajstić information content (AvgIpc) is 3.05. The number of aromatic amines is 1. The third kappa shape index (κ3) is 4.02. The number of nitrogens with zero attached hydrogens (tertiary/aromatic N) is 1. The Kier molecular flexibility index (Phi) is 5.34. The summed E-state index contributed by atoms with van der Waals surface area (Å²) in [4.78, 5) is 20.8. The largest absolute Gasteiger partial charge is 0.384 e. The van der Waals surface area contributed by atoms with Crippen LogP contribution in [0.2, 0.25) is 0 Å². The van der Waals surface area contributed by atoms with Gasteiger partial charge in [-0.05, 0) is 42.7 Å². The van der Waals surface area contributed by atoms with Crippen molar-refractivity contribution < 1.29 is 8.98 Å². The molecule has 1 atom stereocenters. The first-order valence-corrected chi connectivity index (χ1v) is 10.6. The molecule has 0 saturated heterocycles. The zero-order chi connectivity index (χ0) is 20.4. The number of hydrogen-bond acceptors (Lipinski definition) is 6. The summed E-state index contributed by atoms with van der Waals surface area (Å²) in [5.74, 6) is 0.548. The lowest BCUT2D eigenvalue weighted by Crippen LogP contribution is -2.33. The number of H-pyrrole nitrogens is 1. The van der Waals surface area contributed by atoms with Gasteiger partial charge in [0.2, 0.25) is 0 Å². The molecule has 6 nitrogen and oxygen atoms in total. The highest BCUT2D eigenvalue weighted by Gasteiger charge is 2.39. The number of rotatable bonds is 6. The number of nitrogen functional groups attached to an aromatic ring is 1. The van der Waals surface area contributed by atoms with E-state index in [4.69, 9.17) is 9.92 Å². The molecular formula is C22H24N4O2S. The normalized spacial score (nSPS) is 18.5. The van der Waals surface area contributed by atoms with Crippen LogP contribution in [0.3, 0.4) is 0 Å². The van der Waals surface area contributed by atoms with Crippen molar-refractivity contribution in [3.8, 4) is 11.3 Å². The summed E-state index contributed by atoms with van der Waals surface area (Å²) >= 11 is 1.33. The van der Waals surface area contributed by atoms with Gasteiger partial charge >= 0.3 is 0 Å².